The summed E-state index contributed by atoms with van der Waals surface area (Å²) >= 11 is 2.34. The van der Waals surface area contributed by atoms with Gasteiger partial charge >= 0.3 is 0 Å². The number of anilines is 1. The lowest BCUT2D eigenvalue weighted by atomic mass is 9.91. The summed E-state index contributed by atoms with van der Waals surface area (Å²) in [7, 11) is 0. The van der Waals surface area contributed by atoms with Crippen molar-refractivity contribution in [3.63, 3.8) is 0 Å². The van der Waals surface area contributed by atoms with Crippen molar-refractivity contribution in [3.8, 4) is 0 Å². The zero-order valence-corrected chi connectivity index (χ0v) is 11.7. The van der Waals surface area contributed by atoms with E-state index in [1.807, 2.05) is 0 Å². The maximum atomic E-state index is 2.44. The van der Waals surface area contributed by atoms with E-state index in [2.05, 4.69) is 82.1 Å². The maximum Gasteiger partial charge on any atom is 0.0367 e. The molecule has 0 bridgehead atoms. The molecule has 0 atom stereocenters. The topological polar surface area (TPSA) is 3.24 Å². The van der Waals surface area contributed by atoms with Crippen LogP contribution in [-0.4, -0.2) is 13.1 Å². The van der Waals surface area contributed by atoms with Crippen molar-refractivity contribution < 1.29 is 0 Å². The summed E-state index contributed by atoms with van der Waals surface area (Å²) in [6, 6.07) is 19.6. The van der Waals surface area contributed by atoms with Gasteiger partial charge in [-0.2, -0.15) is 0 Å². The largest absolute Gasteiger partial charge is 0.370 e. The smallest absolute Gasteiger partial charge is 0.0367 e. The van der Waals surface area contributed by atoms with Crippen molar-refractivity contribution in [2.24, 2.45) is 0 Å². The standard InChI is InChI=1S/C15H14IN/c16-14-6-8-15(9-7-14)17-10-13(11-17)12-4-2-1-3-5-12/h1-9,13H,10-11H2. The molecule has 0 spiro atoms. The van der Waals surface area contributed by atoms with E-state index in [0.29, 0.717) is 5.92 Å². The number of hydrogen-bond acceptors (Lipinski definition) is 1. The van der Waals surface area contributed by atoms with Crippen LogP contribution in [0, 0.1) is 3.57 Å². The quantitative estimate of drug-likeness (QED) is 0.753. The highest BCUT2D eigenvalue weighted by atomic mass is 127. The van der Waals surface area contributed by atoms with E-state index in [9.17, 15) is 0 Å². The third-order valence-corrected chi connectivity index (χ3v) is 4.06. The van der Waals surface area contributed by atoms with Gasteiger partial charge in [-0.1, -0.05) is 30.3 Å². The Bertz CT molecular complexity index is 486. The SMILES string of the molecule is Ic1ccc(N2CC(c3ccccc3)C2)cc1. The van der Waals surface area contributed by atoms with Crippen molar-refractivity contribution in [2.45, 2.75) is 5.92 Å². The van der Waals surface area contributed by atoms with Crippen LogP contribution in [0.25, 0.3) is 0 Å². The highest BCUT2D eigenvalue weighted by Crippen LogP contribution is 2.31. The average molecular weight is 335 g/mol. The van der Waals surface area contributed by atoms with E-state index in [1.54, 1.807) is 0 Å². The van der Waals surface area contributed by atoms with Crippen molar-refractivity contribution in [3.05, 3.63) is 63.7 Å². The Morgan fingerprint density at radius 1 is 0.882 bits per heavy atom. The first-order valence-corrected chi connectivity index (χ1v) is 6.96. The van der Waals surface area contributed by atoms with Crippen LogP contribution in [0.2, 0.25) is 0 Å². The predicted molar refractivity (Wildman–Crippen MR) is 80.6 cm³/mol. The lowest BCUT2D eigenvalue weighted by Gasteiger charge is -2.41. The molecule has 0 radical (unpaired) electrons. The van der Waals surface area contributed by atoms with E-state index in [4.69, 9.17) is 0 Å². The first kappa shape index (κ1) is 11.1. The van der Waals surface area contributed by atoms with Gasteiger partial charge in [-0.05, 0) is 52.4 Å². The van der Waals surface area contributed by atoms with Crippen molar-refractivity contribution >= 4 is 28.3 Å². The Hall–Kier alpha value is -1.03. The van der Waals surface area contributed by atoms with Crippen LogP contribution in [0.3, 0.4) is 0 Å². The van der Waals surface area contributed by atoms with Gasteiger partial charge in [-0.15, -0.1) is 0 Å². The molecule has 0 N–H and O–H groups in total. The van der Waals surface area contributed by atoms with E-state index in [1.165, 1.54) is 14.8 Å². The summed E-state index contributed by atoms with van der Waals surface area (Å²) in [5, 5.41) is 0. The Morgan fingerprint density at radius 2 is 1.53 bits per heavy atom. The number of halogens is 1. The van der Waals surface area contributed by atoms with Crippen LogP contribution in [0.1, 0.15) is 11.5 Å². The summed E-state index contributed by atoms with van der Waals surface area (Å²) in [5.41, 5.74) is 2.81. The van der Waals surface area contributed by atoms with Gasteiger partial charge in [-0.25, -0.2) is 0 Å². The second kappa shape index (κ2) is 4.69. The van der Waals surface area contributed by atoms with Crippen molar-refractivity contribution in [1.82, 2.24) is 0 Å². The van der Waals surface area contributed by atoms with Gasteiger partial charge in [0.15, 0.2) is 0 Å². The molecule has 0 aromatic heterocycles. The first-order chi connectivity index (χ1) is 8.33. The minimum atomic E-state index is 0.704. The van der Waals surface area contributed by atoms with Gasteiger partial charge in [0.05, 0.1) is 0 Å². The van der Waals surface area contributed by atoms with Crippen LogP contribution in [0.15, 0.2) is 54.6 Å². The Kier molecular flexibility index (Phi) is 3.05. The number of benzene rings is 2. The fourth-order valence-electron chi connectivity index (χ4n) is 2.28. The molecule has 86 valence electrons. The predicted octanol–water partition coefficient (Wildman–Crippen LogP) is 3.90. The normalized spacial score (nSPS) is 15.7. The zero-order chi connectivity index (χ0) is 11.7. The molecule has 2 heteroatoms. The van der Waals surface area contributed by atoms with Crippen molar-refractivity contribution in [2.75, 3.05) is 18.0 Å². The molecular weight excluding hydrogens is 321 g/mol. The minimum Gasteiger partial charge on any atom is -0.370 e. The third kappa shape index (κ3) is 2.32. The molecular formula is C15H14IN. The van der Waals surface area contributed by atoms with E-state index >= 15 is 0 Å². The second-order valence-electron chi connectivity index (χ2n) is 4.49. The molecule has 0 unspecified atom stereocenters. The molecule has 1 aliphatic heterocycles. The van der Waals surface area contributed by atoms with Crippen LogP contribution >= 0.6 is 22.6 Å². The molecule has 0 amide bonds. The van der Waals surface area contributed by atoms with E-state index in [0.717, 1.165) is 13.1 Å². The Labute approximate surface area is 116 Å². The zero-order valence-electron chi connectivity index (χ0n) is 9.51. The molecule has 1 nitrogen and oxygen atoms in total. The highest BCUT2D eigenvalue weighted by molar-refractivity contribution is 14.1. The summed E-state index contributed by atoms with van der Waals surface area (Å²) in [6.45, 7) is 2.29. The van der Waals surface area contributed by atoms with Gasteiger partial charge in [0.1, 0.15) is 0 Å². The van der Waals surface area contributed by atoms with Gasteiger partial charge in [-0.3, -0.25) is 0 Å². The number of rotatable bonds is 2. The third-order valence-electron chi connectivity index (χ3n) is 3.34. The number of nitrogens with zero attached hydrogens (tertiary/aromatic N) is 1. The van der Waals surface area contributed by atoms with Gasteiger partial charge in [0, 0.05) is 28.3 Å². The molecule has 1 heterocycles. The molecule has 1 saturated heterocycles. The minimum absolute atomic E-state index is 0.704. The lowest BCUT2D eigenvalue weighted by Crippen LogP contribution is -2.44. The molecule has 0 saturated carbocycles. The van der Waals surface area contributed by atoms with E-state index in [-0.39, 0.29) is 0 Å². The molecule has 2 aromatic rings. The molecule has 3 rings (SSSR count). The fourth-order valence-corrected chi connectivity index (χ4v) is 2.64. The van der Waals surface area contributed by atoms with Crippen molar-refractivity contribution in [1.29, 1.82) is 0 Å². The molecule has 1 aliphatic rings. The summed E-state index contributed by atoms with van der Waals surface area (Å²) in [4.78, 5) is 2.44. The summed E-state index contributed by atoms with van der Waals surface area (Å²) < 4.78 is 1.30. The summed E-state index contributed by atoms with van der Waals surface area (Å²) in [6.07, 6.45) is 0. The van der Waals surface area contributed by atoms with Crippen LogP contribution in [0.4, 0.5) is 5.69 Å². The Balaban J connectivity index is 1.67. The van der Waals surface area contributed by atoms with Gasteiger partial charge in [0.25, 0.3) is 0 Å². The highest BCUT2D eigenvalue weighted by Gasteiger charge is 2.27. The average Bonchev–Trinajstić information content (AvgIpc) is 2.31. The summed E-state index contributed by atoms with van der Waals surface area (Å²) in [5.74, 6) is 0.704. The fraction of sp³-hybridized carbons (Fsp3) is 0.200. The van der Waals surface area contributed by atoms with Gasteiger partial charge < -0.3 is 4.90 Å². The Morgan fingerprint density at radius 3 is 2.18 bits per heavy atom. The van der Waals surface area contributed by atoms with Crippen LogP contribution < -0.4 is 4.90 Å². The number of hydrogen-bond donors (Lipinski definition) is 0. The molecule has 1 fully saturated rings. The van der Waals surface area contributed by atoms with E-state index < -0.39 is 0 Å². The second-order valence-corrected chi connectivity index (χ2v) is 5.73. The van der Waals surface area contributed by atoms with Crippen LogP contribution in [0.5, 0.6) is 0 Å². The lowest BCUT2D eigenvalue weighted by molar-refractivity contribution is 0.525. The molecule has 0 aliphatic carbocycles. The first-order valence-electron chi connectivity index (χ1n) is 5.88. The molecule has 2 aromatic carbocycles. The molecule has 17 heavy (non-hydrogen) atoms. The van der Waals surface area contributed by atoms with Gasteiger partial charge in [0.2, 0.25) is 0 Å². The van der Waals surface area contributed by atoms with Crippen LogP contribution in [-0.2, 0) is 0 Å². The maximum absolute atomic E-state index is 2.44. The monoisotopic (exact) mass is 335 g/mol.